The van der Waals surface area contributed by atoms with Gasteiger partial charge in [0.25, 0.3) is 0 Å². The fourth-order valence-electron chi connectivity index (χ4n) is 2.29. The predicted molar refractivity (Wildman–Crippen MR) is 76.6 cm³/mol. The second kappa shape index (κ2) is 9.29. The summed E-state index contributed by atoms with van der Waals surface area (Å²) in [5.74, 6) is 1.64. The standard InChI is InChI=1S/C16H30O2/c1-6-12(4)9-14(7-2)16(18)11-13(5)10-15(17)8-3/h12-14H,6-11H2,1-5H3. The highest BCUT2D eigenvalue weighted by Gasteiger charge is 2.21. The lowest BCUT2D eigenvalue weighted by Crippen LogP contribution is -2.20. The largest absolute Gasteiger partial charge is 0.300 e. The van der Waals surface area contributed by atoms with Crippen LogP contribution in [0.5, 0.6) is 0 Å². The van der Waals surface area contributed by atoms with Gasteiger partial charge in [-0.15, -0.1) is 0 Å². The first-order valence-electron chi connectivity index (χ1n) is 7.48. The first-order chi connectivity index (χ1) is 8.44. The van der Waals surface area contributed by atoms with E-state index >= 15 is 0 Å². The molecule has 18 heavy (non-hydrogen) atoms. The summed E-state index contributed by atoms with van der Waals surface area (Å²) in [6, 6.07) is 0. The van der Waals surface area contributed by atoms with Gasteiger partial charge in [0.1, 0.15) is 11.6 Å². The molecule has 0 fully saturated rings. The van der Waals surface area contributed by atoms with E-state index in [0.717, 1.165) is 19.3 Å². The Morgan fingerprint density at radius 2 is 1.50 bits per heavy atom. The maximum atomic E-state index is 12.2. The number of rotatable bonds is 10. The third-order valence-corrected chi connectivity index (χ3v) is 3.85. The summed E-state index contributed by atoms with van der Waals surface area (Å²) in [5.41, 5.74) is 0. The molecule has 0 N–H and O–H groups in total. The summed E-state index contributed by atoms with van der Waals surface area (Å²) >= 11 is 0. The van der Waals surface area contributed by atoms with Crippen LogP contribution in [0.1, 0.15) is 73.1 Å². The Bertz CT molecular complexity index is 258. The van der Waals surface area contributed by atoms with Gasteiger partial charge in [-0.05, 0) is 24.7 Å². The van der Waals surface area contributed by atoms with Gasteiger partial charge in [0.15, 0.2) is 0 Å². The van der Waals surface area contributed by atoms with E-state index in [-0.39, 0.29) is 17.6 Å². The third-order valence-electron chi connectivity index (χ3n) is 3.85. The number of hydrogen-bond donors (Lipinski definition) is 0. The first kappa shape index (κ1) is 17.3. The highest BCUT2D eigenvalue weighted by molar-refractivity contribution is 5.83. The van der Waals surface area contributed by atoms with Crippen molar-refractivity contribution in [2.75, 3.05) is 0 Å². The molecule has 0 aliphatic carbocycles. The summed E-state index contributed by atoms with van der Waals surface area (Å²) in [4.78, 5) is 23.6. The molecule has 2 heteroatoms. The van der Waals surface area contributed by atoms with Gasteiger partial charge in [-0.1, -0.05) is 41.0 Å². The topological polar surface area (TPSA) is 34.1 Å². The minimum absolute atomic E-state index is 0.194. The van der Waals surface area contributed by atoms with Crippen LogP contribution < -0.4 is 0 Å². The average Bonchev–Trinajstić information content (AvgIpc) is 2.34. The van der Waals surface area contributed by atoms with Gasteiger partial charge in [0.05, 0.1) is 0 Å². The van der Waals surface area contributed by atoms with E-state index in [1.807, 2.05) is 13.8 Å². The van der Waals surface area contributed by atoms with Crippen LogP contribution in [0, 0.1) is 17.8 Å². The van der Waals surface area contributed by atoms with Crippen molar-refractivity contribution in [2.45, 2.75) is 73.1 Å². The number of carbonyl (C=O) groups excluding carboxylic acids is 2. The normalized spacial score (nSPS) is 16.1. The summed E-state index contributed by atoms with van der Waals surface area (Å²) < 4.78 is 0. The fourth-order valence-corrected chi connectivity index (χ4v) is 2.29. The van der Waals surface area contributed by atoms with Crippen LogP contribution in [-0.4, -0.2) is 11.6 Å². The molecule has 3 unspecified atom stereocenters. The molecule has 0 rings (SSSR count). The molecule has 106 valence electrons. The van der Waals surface area contributed by atoms with Crippen molar-refractivity contribution in [3.63, 3.8) is 0 Å². The molecule has 0 aromatic heterocycles. The minimum atomic E-state index is 0.194. The molecule has 0 radical (unpaired) electrons. The van der Waals surface area contributed by atoms with E-state index < -0.39 is 0 Å². The molecule has 0 aliphatic rings. The summed E-state index contributed by atoms with van der Waals surface area (Å²) in [5, 5.41) is 0. The van der Waals surface area contributed by atoms with Crippen LogP contribution in [-0.2, 0) is 9.59 Å². The Morgan fingerprint density at radius 1 is 0.889 bits per heavy atom. The smallest absolute Gasteiger partial charge is 0.136 e. The van der Waals surface area contributed by atoms with Gasteiger partial charge in [-0.25, -0.2) is 0 Å². The van der Waals surface area contributed by atoms with Crippen LogP contribution in [0.3, 0.4) is 0 Å². The lowest BCUT2D eigenvalue weighted by atomic mass is 9.84. The highest BCUT2D eigenvalue weighted by Crippen LogP contribution is 2.22. The van der Waals surface area contributed by atoms with Gasteiger partial charge in [0.2, 0.25) is 0 Å². The van der Waals surface area contributed by atoms with Crippen LogP contribution >= 0.6 is 0 Å². The number of ketones is 2. The zero-order valence-corrected chi connectivity index (χ0v) is 12.8. The molecular weight excluding hydrogens is 224 g/mol. The molecule has 0 saturated carbocycles. The Morgan fingerprint density at radius 3 is 1.94 bits per heavy atom. The molecule has 2 nitrogen and oxygen atoms in total. The van der Waals surface area contributed by atoms with Crippen molar-refractivity contribution in [3.05, 3.63) is 0 Å². The average molecular weight is 254 g/mol. The molecule has 3 atom stereocenters. The zero-order valence-electron chi connectivity index (χ0n) is 12.8. The fraction of sp³-hybridized carbons (Fsp3) is 0.875. The van der Waals surface area contributed by atoms with E-state index in [9.17, 15) is 9.59 Å². The maximum absolute atomic E-state index is 12.2. The summed E-state index contributed by atoms with van der Waals surface area (Å²) in [7, 11) is 0. The molecule has 0 aromatic rings. The van der Waals surface area contributed by atoms with E-state index in [0.29, 0.717) is 31.0 Å². The predicted octanol–water partition coefficient (Wildman–Crippen LogP) is 4.41. The van der Waals surface area contributed by atoms with Crippen molar-refractivity contribution in [1.82, 2.24) is 0 Å². The molecule has 0 aliphatic heterocycles. The molecule has 0 bridgehead atoms. The Balaban J connectivity index is 4.22. The molecule has 0 amide bonds. The van der Waals surface area contributed by atoms with Crippen LogP contribution in [0.25, 0.3) is 0 Å². The lowest BCUT2D eigenvalue weighted by molar-refractivity contribution is -0.125. The lowest BCUT2D eigenvalue weighted by Gasteiger charge is -2.19. The Hall–Kier alpha value is -0.660. The summed E-state index contributed by atoms with van der Waals surface area (Å²) in [6.45, 7) is 10.4. The van der Waals surface area contributed by atoms with Crippen molar-refractivity contribution in [1.29, 1.82) is 0 Å². The number of Topliss-reactive ketones (excluding diaryl/α,β-unsaturated/α-hetero) is 2. The Labute approximate surface area is 113 Å². The minimum Gasteiger partial charge on any atom is -0.300 e. The zero-order chi connectivity index (χ0) is 14.1. The second-order valence-corrected chi connectivity index (χ2v) is 5.73. The van der Waals surface area contributed by atoms with Crippen molar-refractivity contribution in [2.24, 2.45) is 17.8 Å². The van der Waals surface area contributed by atoms with Crippen molar-refractivity contribution >= 4 is 11.6 Å². The van der Waals surface area contributed by atoms with Gasteiger partial charge in [-0.2, -0.15) is 0 Å². The first-order valence-corrected chi connectivity index (χ1v) is 7.48. The third kappa shape index (κ3) is 6.93. The van der Waals surface area contributed by atoms with Crippen molar-refractivity contribution in [3.8, 4) is 0 Å². The van der Waals surface area contributed by atoms with Gasteiger partial charge in [0, 0.05) is 25.2 Å². The molecule has 0 heterocycles. The van der Waals surface area contributed by atoms with E-state index in [2.05, 4.69) is 20.8 Å². The number of carbonyl (C=O) groups is 2. The van der Waals surface area contributed by atoms with Gasteiger partial charge in [-0.3, -0.25) is 9.59 Å². The summed E-state index contributed by atoms with van der Waals surface area (Å²) in [6.07, 6.45) is 4.77. The molecular formula is C16H30O2. The van der Waals surface area contributed by atoms with Crippen molar-refractivity contribution < 1.29 is 9.59 Å². The second-order valence-electron chi connectivity index (χ2n) is 5.73. The molecule has 0 aromatic carbocycles. The van der Waals surface area contributed by atoms with E-state index in [1.54, 1.807) is 0 Å². The Kier molecular flexibility index (Phi) is 8.95. The van der Waals surface area contributed by atoms with Crippen LogP contribution in [0.15, 0.2) is 0 Å². The molecule has 0 saturated heterocycles. The molecule has 0 spiro atoms. The van der Waals surface area contributed by atoms with Crippen LogP contribution in [0.2, 0.25) is 0 Å². The SMILES string of the molecule is CCC(=O)CC(C)CC(=O)C(CC)CC(C)CC. The van der Waals surface area contributed by atoms with Gasteiger partial charge >= 0.3 is 0 Å². The monoisotopic (exact) mass is 254 g/mol. The van der Waals surface area contributed by atoms with Crippen LogP contribution in [0.4, 0.5) is 0 Å². The maximum Gasteiger partial charge on any atom is 0.136 e. The van der Waals surface area contributed by atoms with E-state index in [1.165, 1.54) is 0 Å². The van der Waals surface area contributed by atoms with Gasteiger partial charge < -0.3 is 0 Å². The van der Waals surface area contributed by atoms with E-state index in [4.69, 9.17) is 0 Å². The highest BCUT2D eigenvalue weighted by atomic mass is 16.1. The quantitative estimate of drug-likeness (QED) is 0.578. The number of hydrogen-bond acceptors (Lipinski definition) is 2.